The van der Waals surface area contributed by atoms with E-state index in [0.717, 1.165) is 25.3 Å². The zero-order valence-electron chi connectivity index (χ0n) is 11.8. The Bertz CT molecular complexity index is 379. The van der Waals surface area contributed by atoms with Crippen molar-refractivity contribution in [2.45, 2.75) is 32.4 Å². The van der Waals surface area contributed by atoms with Gasteiger partial charge in [-0.05, 0) is 26.4 Å². The number of hydrazine groups is 1. The summed E-state index contributed by atoms with van der Waals surface area (Å²) in [4.78, 5) is 13.6. The molecule has 0 bridgehead atoms. The van der Waals surface area contributed by atoms with Gasteiger partial charge in [-0.1, -0.05) is 6.92 Å². The van der Waals surface area contributed by atoms with Gasteiger partial charge in [0.25, 0.3) is 0 Å². The molecule has 1 saturated heterocycles. The van der Waals surface area contributed by atoms with Crippen molar-refractivity contribution in [3.05, 3.63) is 18.1 Å². The first-order chi connectivity index (χ1) is 9.22. The van der Waals surface area contributed by atoms with Gasteiger partial charge >= 0.3 is 0 Å². The van der Waals surface area contributed by atoms with Crippen LogP contribution < -0.4 is 11.3 Å². The average Bonchev–Trinajstić information content (AvgIpc) is 2.61. The van der Waals surface area contributed by atoms with Crippen LogP contribution in [0.25, 0.3) is 0 Å². The van der Waals surface area contributed by atoms with E-state index in [1.54, 1.807) is 12.4 Å². The van der Waals surface area contributed by atoms with Crippen molar-refractivity contribution in [1.82, 2.24) is 19.8 Å². The van der Waals surface area contributed by atoms with Crippen molar-refractivity contribution in [3.63, 3.8) is 0 Å². The summed E-state index contributed by atoms with van der Waals surface area (Å²) >= 11 is 0. The van der Waals surface area contributed by atoms with Crippen LogP contribution in [0.4, 0.5) is 5.82 Å². The summed E-state index contributed by atoms with van der Waals surface area (Å²) in [6.45, 7) is 6.55. The summed E-state index contributed by atoms with van der Waals surface area (Å²) in [5.41, 5.74) is 3.50. The third-order valence-corrected chi connectivity index (χ3v) is 3.71. The number of nitrogen functional groups attached to an aromatic ring is 1. The van der Waals surface area contributed by atoms with E-state index in [9.17, 15) is 0 Å². The molecule has 0 saturated carbocycles. The second-order valence-corrected chi connectivity index (χ2v) is 5.19. The fraction of sp³-hybridized carbons (Fsp3) is 0.692. The molecule has 106 valence electrons. The van der Waals surface area contributed by atoms with E-state index >= 15 is 0 Å². The van der Waals surface area contributed by atoms with E-state index in [0.29, 0.717) is 11.9 Å². The molecule has 1 aromatic rings. The number of nitrogens with two attached hydrogens (primary N) is 1. The van der Waals surface area contributed by atoms with E-state index < -0.39 is 0 Å². The molecule has 2 rings (SSSR count). The van der Waals surface area contributed by atoms with Gasteiger partial charge < -0.3 is 10.3 Å². The van der Waals surface area contributed by atoms with Crippen molar-refractivity contribution in [2.75, 3.05) is 32.1 Å². The van der Waals surface area contributed by atoms with Gasteiger partial charge in [0.1, 0.15) is 0 Å². The largest absolute Gasteiger partial charge is 0.307 e. The van der Waals surface area contributed by atoms with Crippen molar-refractivity contribution in [1.29, 1.82) is 0 Å². The van der Waals surface area contributed by atoms with Gasteiger partial charge in [-0.2, -0.15) is 0 Å². The molecule has 0 amide bonds. The zero-order valence-corrected chi connectivity index (χ0v) is 11.8. The Kier molecular flexibility index (Phi) is 5.07. The topological polar surface area (TPSA) is 70.3 Å². The monoisotopic (exact) mass is 264 g/mol. The summed E-state index contributed by atoms with van der Waals surface area (Å²) < 4.78 is 0. The zero-order chi connectivity index (χ0) is 13.7. The van der Waals surface area contributed by atoms with Crippen molar-refractivity contribution in [3.8, 4) is 0 Å². The van der Waals surface area contributed by atoms with E-state index in [1.165, 1.54) is 19.4 Å². The van der Waals surface area contributed by atoms with Crippen LogP contribution in [0, 0.1) is 0 Å². The summed E-state index contributed by atoms with van der Waals surface area (Å²) in [5.74, 6) is 5.90. The highest BCUT2D eigenvalue weighted by Crippen LogP contribution is 2.14. The Morgan fingerprint density at radius 1 is 1.37 bits per heavy atom. The molecule has 1 fully saturated rings. The van der Waals surface area contributed by atoms with Crippen molar-refractivity contribution >= 4 is 5.82 Å². The van der Waals surface area contributed by atoms with E-state index in [4.69, 9.17) is 5.84 Å². The fourth-order valence-electron chi connectivity index (χ4n) is 2.61. The molecule has 1 aliphatic rings. The van der Waals surface area contributed by atoms with Gasteiger partial charge in [0.15, 0.2) is 5.82 Å². The Morgan fingerprint density at radius 3 is 2.84 bits per heavy atom. The van der Waals surface area contributed by atoms with Crippen LogP contribution >= 0.6 is 0 Å². The molecule has 6 heteroatoms. The van der Waals surface area contributed by atoms with E-state index in [-0.39, 0.29) is 0 Å². The molecule has 0 aliphatic carbocycles. The van der Waals surface area contributed by atoms with Crippen LogP contribution in [0.5, 0.6) is 0 Å². The van der Waals surface area contributed by atoms with Gasteiger partial charge in [0, 0.05) is 25.7 Å². The molecule has 1 atom stereocenters. The smallest absolute Gasteiger partial charge is 0.158 e. The van der Waals surface area contributed by atoms with Gasteiger partial charge in [-0.3, -0.25) is 9.88 Å². The number of anilines is 1. The predicted octanol–water partition coefficient (Wildman–Crippen LogP) is 0.678. The van der Waals surface area contributed by atoms with Crippen LogP contribution in [0.1, 0.15) is 25.5 Å². The molecule has 6 nitrogen and oxygen atoms in total. The highest BCUT2D eigenvalue weighted by atomic mass is 15.3. The number of rotatable bonds is 4. The molecule has 1 aromatic heterocycles. The number of likely N-dealkylation sites (N-methyl/N-ethyl adjacent to an activating group) is 1. The minimum Gasteiger partial charge on any atom is -0.307 e. The quantitative estimate of drug-likeness (QED) is 0.615. The number of nitrogens with one attached hydrogen (secondary N) is 1. The summed E-state index contributed by atoms with van der Waals surface area (Å²) in [6, 6.07) is 0.599. The Balaban J connectivity index is 2.02. The minimum absolute atomic E-state index is 0.599. The van der Waals surface area contributed by atoms with Crippen LogP contribution in [-0.4, -0.2) is 52.5 Å². The number of aromatic nitrogens is 2. The fourth-order valence-corrected chi connectivity index (χ4v) is 2.61. The maximum atomic E-state index is 5.30. The number of hydrogen-bond donors (Lipinski definition) is 2. The average molecular weight is 264 g/mol. The molecular formula is C13H24N6. The SMILES string of the molecule is CCC1CN(C)CCCN1Cc1cnc(NN)cn1. The second kappa shape index (κ2) is 6.79. The van der Waals surface area contributed by atoms with Gasteiger partial charge in [-0.25, -0.2) is 10.8 Å². The molecule has 0 aromatic carbocycles. The maximum absolute atomic E-state index is 5.30. The standard InChI is InChI=1S/C13H24N6/c1-3-12-10-18(2)5-4-6-19(12)9-11-7-16-13(17-14)8-15-11/h7-8,12H,3-6,9-10,14H2,1-2H3,(H,16,17). The lowest BCUT2D eigenvalue weighted by Crippen LogP contribution is -2.39. The Hall–Kier alpha value is -1.24. The lowest BCUT2D eigenvalue weighted by atomic mass is 10.2. The van der Waals surface area contributed by atoms with Gasteiger partial charge in [0.2, 0.25) is 0 Å². The third-order valence-electron chi connectivity index (χ3n) is 3.71. The van der Waals surface area contributed by atoms with E-state index in [2.05, 4.69) is 39.2 Å². The molecule has 0 spiro atoms. The number of hydrogen-bond acceptors (Lipinski definition) is 6. The predicted molar refractivity (Wildman–Crippen MR) is 76.4 cm³/mol. The highest BCUT2D eigenvalue weighted by Gasteiger charge is 2.22. The molecule has 0 radical (unpaired) electrons. The highest BCUT2D eigenvalue weighted by molar-refractivity contribution is 5.28. The molecular weight excluding hydrogens is 240 g/mol. The molecule has 2 heterocycles. The van der Waals surface area contributed by atoms with Crippen LogP contribution in [-0.2, 0) is 6.54 Å². The molecule has 1 aliphatic heterocycles. The van der Waals surface area contributed by atoms with Crippen molar-refractivity contribution in [2.24, 2.45) is 5.84 Å². The molecule has 1 unspecified atom stereocenters. The first-order valence-electron chi connectivity index (χ1n) is 6.93. The summed E-state index contributed by atoms with van der Waals surface area (Å²) in [6.07, 6.45) is 5.86. The maximum Gasteiger partial charge on any atom is 0.158 e. The molecule has 19 heavy (non-hydrogen) atoms. The summed E-state index contributed by atoms with van der Waals surface area (Å²) in [5, 5.41) is 0. The second-order valence-electron chi connectivity index (χ2n) is 5.19. The van der Waals surface area contributed by atoms with Crippen LogP contribution in [0.15, 0.2) is 12.4 Å². The van der Waals surface area contributed by atoms with Crippen LogP contribution in [0.2, 0.25) is 0 Å². The van der Waals surface area contributed by atoms with Gasteiger partial charge in [-0.15, -0.1) is 0 Å². The Morgan fingerprint density at radius 2 is 2.21 bits per heavy atom. The summed E-state index contributed by atoms with van der Waals surface area (Å²) in [7, 11) is 2.20. The normalized spacial score (nSPS) is 22.2. The lowest BCUT2D eigenvalue weighted by molar-refractivity contribution is 0.174. The molecule has 3 N–H and O–H groups in total. The van der Waals surface area contributed by atoms with E-state index in [1.807, 2.05) is 0 Å². The first-order valence-corrected chi connectivity index (χ1v) is 6.93. The minimum atomic E-state index is 0.599. The Labute approximate surface area is 115 Å². The van der Waals surface area contributed by atoms with Crippen molar-refractivity contribution < 1.29 is 0 Å². The van der Waals surface area contributed by atoms with Gasteiger partial charge in [0.05, 0.1) is 18.1 Å². The third kappa shape index (κ3) is 3.86. The lowest BCUT2D eigenvalue weighted by Gasteiger charge is -2.29. The number of nitrogens with zero attached hydrogens (tertiary/aromatic N) is 4. The van der Waals surface area contributed by atoms with Crippen LogP contribution in [0.3, 0.4) is 0 Å². The first kappa shape index (κ1) is 14.2.